The van der Waals surface area contributed by atoms with Crippen molar-refractivity contribution in [2.75, 3.05) is 18.9 Å². The number of carbonyl (C=O) groups is 1. The van der Waals surface area contributed by atoms with E-state index < -0.39 is 0 Å². The molecule has 0 bridgehead atoms. The van der Waals surface area contributed by atoms with Crippen LogP contribution in [-0.4, -0.2) is 24.5 Å². The molecule has 0 spiro atoms. The first-order chi connectivity index (χ1) is 9.21. The third-order valence-corrected chi connectivity index (χ3v) is 3.36. The molecule has 2 N–H and O–H groups in total. The summed E-state index contributed by atoms with van der Waals surface area (Å²) in [6.07, 6.45) is 6.63. The largest absolute Gasteiger partial charge is 0.385 e. The zero-order valence-electron chi connectivity index (χ0n) is 12.2. The fourth-order valence-corrected chi connectivity index (χ4v) is 2.00. The van der Waals surface area contributed by atoms with Crippen molar-refractivity contribution < 1.29 is 4.79 Å². The van der Waals surface area contributed by atoms with Crippen molar-refractivity contribution in [2.24, 2.45) is 5.92 Å². The molecule has 19 heavy (non-hydrogen) atoms. The maximum absolute atomic E-state index is 11.5. The molecule has 0 saturated carbocycles. The molecule has 1 aromatic rings. The summed E-state index contributed by atoms with van der Waals surface area (Å²) in [7, 11) is 1.61. The van der Waals surface area contributed by atoms with Gasteiger partial charge in [-0.2, -0.15) is 0 Å². The molecule has 1 rings (SSSR count). The van der Waals surface area contributed by atoms with Gasteiger partial charge in [0.1, 0.15) is 5.69 Å². The minimum absolute atomic E-state index is 0.151. The quantitative estimate of drug-likeness (QED) is 0.758. The van der Waals surface area contributed by atoms with Crippen LogP contribution in [0.4, 0.5) is 5.69 Å². The Morgan fingerprint density at radius 3 is 2.84 bits per heavy atom. The Kier molecular flexibility index (Phi) is 6.93. The summed E-state index contributed by atoms with van der Waals surface area (Å²) in [6, 6.07) is 3.70. The highest BCUT2D eigenvalue weighted by Gasteiger charge is 2.08. The smallest absolute Gasteiger partial charge is 0.269 e. The third-order valence-electron chi connectivity index (χ3n) is 3.36. The number of hydrogen-bond acceptors (Lipinski definition) is 3. The molecule has 0 fully saturated rings. The first-order valence-corrected chi connectivity index (χ1v) is 7.13. The second-order valence-electron chi connectivity index (χ2n) is 4.81. The number of anilines is 1. The van der Waals surface area contributed by atoms with Gasteiger partial charge in [0.15, 0.2) is 0 Å². The van der Waals surface area contributed by atoms with Gasteiger partial charge in [0.25, 0.3) is 5.91 Å². The van der Waals surface area contributed by atoms with Gasteiger partial charge in [-0.25, -0.2) is 0 Å². The highest BCUT2D eigenvalue weighted by molar-refractivity contribution is 5.92. The van der Waals surface area contributed by atoms with Crippen molar-refractivity contribution >= 4 is 11.6 Å². The number of amides is 1. The van der Waals surface area contributed by atoms with Crippen LogP contribution in [0.15, 0.2) is 18.3 Å². The predicted octanol–water partition coefficient (Wildman–Crippen LogP) is 3.07. The molecule has 1 heterocycles. The van der Waals surface area contributed by atoms with E-state index in [4.69, 9.17) is 0 Å². The molecular formula is C15H25N3O. The number of carbonyl (C=O) groups excluding carboxylic acids is 1. The lowest BCUT2D eigenvalue weighted by Gasteiger charge is -2.16. The fraction of sp³-hybridized carbons (Fsp3) is 0.600. The molecular weight excluding hydrogens is 238 g/mol. The average Bonchev–Trinajstić information content (AvgIpc) is 2.47. The number of nitrogens with one attached hydrogen (secondary N) is 2. The number of unbranched alkanes of at least 4 members (excludes halogenated alkanes) is 1. The summed E-state index contributed by atoms with van der Waals surface area (Å²) in [5.74, 6) is 0.540. The van der Waals surface area contributed by atoms with E-state index in [-0.39, 0.29) is 5.91 Å². The number of rotatable bonds is 8. The summed E-state index contributed by atoms with van der Waals surface area (Å²) in [5, 5.41) is 5.99. The van der Waals surface area contributed by atoms with Crippen LogP contribution < -0.4 is 10.6 Å². The topological polar surface area (TPSA) is 54.0 Å². The van der Waals surface area contributed by atoms with Crippen LogP contribution >= 0.6 is 0 Å². The van der Waals surface area contributed by atoms with Crippen LogP contribution in [0.2, 0.25) is 0 Å². The molecule has 0 aliphatic heterocycles. The third kappa shape index (κ3) is 5.28. The lowest BCUT2D eigenvalue weighted by atomic mass is 9.99. The lowest BCUT2D eigenvalue weighted by molar-refractivity contribution is 0.0958. The maximum Gasteiger partial charge on any atom is 0.269 e. The normalized spacial score (nSPS) is 11.9. The summed E-state index contributed by atoms with van der Waals surface area (Å²) < 4.78 is 0. The molecule has 1 aromatic heterocycles. The second kappa shape index (κ2) is 8.51. The average molecular weight is 263 g/mol. The van der Waals surface area contributed by atoms with Crippen molar-refractivity contribution in [1.82, 2.24) is 10.3 Å². The SMILES string of the molecule is CCCCC(CC)CNc1ccnc(C(=O)NC)c1. The van der Waals surface area contributed by atoms with Crippen LogP contribution in [0, 0.1) is 5.92 Å². The van der Waals surface area contributed by atoms with Gasteiger partial charge < -0.3 is 10.6 Å². The van der Waals surface area contributed by atoms with E-state index >= 15 is 0 Å². The maximum atomic E-state index is 11.5. The minimum Gasteiger partial charge on any atom is -0.385 e. The number of pyridine rings is 1. The Morgan fingerprint density at radius 2 is 2.21 bits per heavy atom. The summed E-state index contributed by atoms with van der Waals surface area (Å²) in [6.45, 7) is 5.40. The van der Waals surface area contributed by atoms with E-state index in [0.717, 1.165) is 12.2 Å². The molecule has 1 amide bonds. The molecule has 4 nitrogen and oxygen atoms in total. The Labute approximate surface area is 116 Å². The fourth-order valence-electron chi connectivity index (χ4n) is 2.00. The van der Waals surface area contributed by atoms with E-state index in [1.165, 1.54) is 25.7 Å². The van der Waals surface area contributed by atoms with Crippen LogP contribution in [0.25, 0.3) is 0 Å². The molecule has 0 saturated heterocycles. The highest BCUT2D eigenvalue weighted by atomic mass is 16.1. The van der Waals surface area contributed by atoms with Crippen LogP contribution in [0.1, 0.15) is 50.0 Å². The van der Waals surface area contributed by atoms with Gasteiger partial charge >= 0.3 is 0 Å². The minimum atomic E-state index is -0.151. The Bertz CT molecular complexity index is 393. The molecule has 0 aliphatic carbocycles. The second-order valence-corrected chi connectivity index (χ2v) is 4.81. The highest BCUT2D eigenvalue weighted by Crippen LogP contribution is 2.15. The van der Waals surface area contributed by atoms with E-state index in [1.807, 2.05) is 6.07 Å². The predicted molar refractivity (Wildman–Crippen MR) is 79.4 cm³/mol. The number of aromatic nitrogens is 1. The van der Waals surface area contributed by atoms with Gasteiger partial charge in [-0.3, -0.25) is 9.78 Å². The lowest BCUT2D eigenvalue weighted by Crippen LogP contribution is -2.19. The van der Waals surface area contributed by atoms with Crippen LogP contribution in [0.5, 0.6) is 0 Å². The Morgan fingerprint density at radius 1 is 1.42 bits per heavy atom. The number of hydrogen-bond donors (Lipinski definition) is 2. The summed E-state index contributed by atoms with van der Waals surface area (Å²) >= 11 is 0. The molecule has 1 unspecified atom stereocenters. The van der Waals surface area contributed by atoms with E-state index in [9.17, 15) is 4.79 Å². The van der Waals surface area contributed by atoms with Gasteiger partial charge in [0.05, 0.1) is 0 Å². The number of nitrogens with zero attached hydrogens (tertiary/aromatic N) is 1. The monoisotopic (exact) mass is 263 g/mol. The van der Waals surface area contributed by atoms with E-state index in [1.54, 1.807) is 19.3 Å². The Balaban J connectivity index is 2.54. The molecule has 106 valence electrons. The Hall–Kier alpha value is -1.58. The first-order valence-electron chi connectivity index (χ1n) is 7.13. The van der Waals surface area contributed by atoms with Crippen molar-refractivity contribution in [3.8, 4) is 0 Å². The molecule has 0 aromatic carbocycles. The summed E-state index contributed by atoms with van der Waals surface area (Å²) in [4.78, 5) is 15.6. The molecule has 4 heteroatoms. The zero-order valence-corrected chi connectivity index (χ0v) is 12.2. The standard InChI is InChI=1S/C15H25N3O/c1-4-6-7-12(5-2)11-18-13-8-9-17-14(10-13)15(19)16-3/h8-10,12H,4-7,11H2,1-3H3,(H,16,19)(H,17,18). The first kappa shape index (κ1) is 15.5. The van der Waals surface area contributed by atoms with Gasteiger partial charge in [-0.15, -0.1) is 0 Å². The van der Waals surface area contributed by atoms with Gasteiger partial charge in [-0.05, 0) is 24.5 Å². The van der Waals surface area contributed by atoms with E-state index in [0.29, 0.717) is 11.6 Å². The van der Waals surface area contributed by atoms with Gasteiger partial charge in [-0.1, -0.05) is 33.1 Å². The van der Waals surface area contributed by atoms with Crippen molar-refractivity contribution in [3.63, 3.8) is 0 Å². The summed E-state index contributed by atoms with van der Waals surface area (Å²) in [5.41, 5.74) is 1.41. The zero-order chi connectivity index (χ0) is 14.1. The van der Waals surface area contributed by atoms with Crippen LogP contribution in [-0.2, 0) is 0 Å². The van der Waals surface area contributed by atoms with Gasteiger partial charge in [0, 0.05) is 25.5 Å². The molecule has 0 aliphatic rings. The van der Waals surface area contributed by atoms with Crippen molar-refractivity contribution in [2.45, 2.75) is 39.5 Å². The molecule has 1 atom stereocenters. The van der Waals surface area contributed by atoms with E-state index in [2.05, 4.69) is 29.5 Å². The molecule has 0 radical (unpaired) electrons. The van der Waals surface area contributed by atoms with Crippen molar-refractivity contribution in [3.05, 3.63) is 24.0 Å². The van der Waals surface area contributed by atoms with Gasteiger partial charge in [0.2, 0.25) is 0 Å². The van der Waals surface area contributed by atoms with Crippen molar-refractivity contribution in [1.29, 1.82) is 0 Å². The van der Waals surface area contributed by atoms with Crippen LogP contribution in [0.3, 0.4) is 0 Å².